The lowest BCUT2D eigenvalue weighted by Crippen LogP contribution is -2.41. The number of pyridine rings is 1. The third kappa shape index (κ3) is 6.28. The third-order valence-corrected chi connectivity index (χ3v) is 9.39. The summed E-state index contributed by atoms with van der Waals surface area (Å²) < 4.78 is 54.7. The average Bonchev–Trinajstić information content (AvgIpc) is 2.86. The van der Waals surface area contributed by atoms with Crippen molar-refractivity contribution in [3.63, 3.8) is 0 Å². The van der Waals surface area contributed by atoms with Gasteiger partial charge in [0.1, 0.15) is 0 Å². The third-order valence-electron chi connectivity index (χ3n) is 6.16. The van der Waals surface area contributed by atoms with E-state index in [0.717, 1.165) is 11.1 Å². The van der Waals surface area contributed by atoms with Gasteiger partial charge < -0.3 is 5.32 Å². The predicted octanol–water partition coefficient (Wildman–Crippen LogP) is 3.37. The Hall–Kier alpha value is -3.28. The van der Waals surface area contributed by atoms with E-state index in [0.29, 0.717) is 24.2 Å². The monoisotopic (exact) mass is 528 g/mol. The van der Waals surface area contributed by atoms with E-state index in [4.69, 9.17) is 0 Å². The second-order valence-electron chi connectivity index (χ2n) is 8.72. The summed E-state index contributed by atoms with van der Waals surface area (Å²) >= 11 is 0. The molecule has 9 nitrogen and oxygen atoms in total. The number of anilines is 2. The molecule has 0 aliphatic carbocycles. The second kappa shape index (κ2) is 10.8. The number of aromatic nitrogens is 1. The van der Waals surface area contributed by atoms with Gasteiger partial charge in [-0.05, 0) is 67.3 Å². The Morgan fingerprint density at radius 2 is 1.64 bits per heavy atom. The highest BCUT2D eigenvalue weighted by Crippen LogP contribution is 2.24. The molecule has 0 unspecified atom stereocenters. The first-order valence-corrected chi connectivity index (χ1v) is 14.6. The number of carbonyl (C=O) groups is 1. The molecule has 1 aliphatic heterocycles. The summed E-state index contributed by atoms with van der Waals surface area (Å²) in [6.07, 6.45) is 3.79. The molecule has 190 valence electrons. The van der Waals surface area contributed by atoms with Gasteiger partial charge in [0.25, 0.3) is 10.0 Å². The molecule has 2 aromatic carbocycles. The fourth-order valence-electron chi connectivity index (χ4n) is 4.05. The van der Waals surface area contributed by atoms with Crippen LogP contribution in [0.3, 0.4) is 0 Å². The molecule has 1 aliphatic rings. The van der Waals surface area contributed by atoms with Crippen molar-refractivity contribution in [2.75, 3.05) is 23.1 Å². The van der Waals surface area contributed by atoms with E-state index in [-0.39, 0.29) is 35.6 Å². The molecule has 1 aromatic heterocycles. The Morgan fingerprint density at radius 1 is 0.944 bits per heavy atom. The van der Waals surface area contributed by atoms with Crippen LogP contribution < -0.4 is 10.0 Å². The number of piperidine rings is 1. The van der Waals surface area contributed by atoms with Crippen molar-refractivity contribution in [2.24, 2.45) is 5.92 Å². The topological polar surface area (TPSA) is 126 Å². The van der Waals surface area contributed by atoms with E-state index in [9.17, 15) is 21.6 Å². The minimum atomic E-state index is -3.79. The lowest BCUT2D eigenvalue weighted by Gasteiger charge is -2.30. The van der Waals surface area contributed by atoms with Gasteiger partial charge >= 0.3 is 0 Å². The summed E-state index contributed by atoms with van der Waals surface area (Å²) in [5, 5.41) is 2.81. The van der Waals surface area contributed by atoms with Crippen molar-refractivity contribution in [1.82, 2.24) is 9.29 Å². The minimum absolute atomic E-state index is 0.0523. The maximum absolute atomic E-state index is 12.9. The average molecular weight is 529 g/mol. The van der Waals surface area contributed by atoms with Gasteiger partial charge in [0.05, 0.1) is 22.5 Å². The molecule has 0 bridgehead atoms. The van der Waals surface area contributed by atoms with Gasteiger partial charge in [-0.2, -0.15) is 0 Å². The van der Waals surface area contributed by atoms with Gasteiger partial charge in [-0.1, -0.05) is 24.3 Å². The zero-order chi connectivity index (χ0) is 25.8. The van der Waals surface area contributed by atoms with Crippen LogP contribution in [0.25, 0.3) is 0 Å². The number of amides is 1. The van der Waals surface area contributed by atoms with Gasteiger partial charge in [-0.25, -0.2) is 21.1 Å². The molecule has 0 atom stereocenters. The molecule has 2 N–H and O–H groups in total. The van der Waals surface area contributed by atoms with Crippen LogP contribution in [0.4, 0.5) is 11.4 Å². The molecule has 0 spiro atoms. The van der Waals surface area contributed by atoms with E-state index in [1.54, 1.807) is 18.3 Å². The van der Waals surface area contributed by atoms with E-state index in [1.807, 2.05) is 31.2 Å². The Labute approximate surface area is 211 Å². The first kappa shape index (κ1) is 25.8. The van der Waals surface area contributed by atoms with Crippen molar-refractivity contribution in [3.05, 3.63) is 84.2 Å². The molecular formula is C25H28N4O5S2. The molecule has 2 heterocycles. The van der Waals surface area contributed by atoms with Crippen LogP contribution >= 0.6 is 0 Å². The molecule has 0 radical (unpaired) electrons. The van der Waals surface area contributed by atoms with Gasteiger partial charge in [0.2, 0.25) is 15.9 Å². The SMILES string of the molecule is Cc1ccccc1CS(=O)(=O)N1CCC(C(=O)Nc2ccc(S(=O)(=O)Nc3cccnc3)cc2)CC1. The lowest BCUT2D eigenvalue weighted by atomic mass is 9.97. The first-order chi connectivity index (χ1) is 17.1. The number of benzene rings is 2. The number of aryl methyl sites for hydroxylation is 1. The Kier molecular flexibility index (Phi) is 7.72. The second-order valence-corrected chi connectivity index (χ2v) is 12.4. The summed E-state index contributed by atoms with van der Waals surface area (Å²) in [6.45, 7) is 2.45. The smallest absolute Gasteiger partial charge is 0.261 e. The van der Waals surface area contributed by atoms with Crippen LogP contribution in [0, 0.1) is 12.8 Å². The van der Waals surface area contributed by atoms with Crippen LogP contribution in [0.5, 0.6) is 0 Å². The Morgan fingerprint density at radius 3 is 2.28 bits per heavy atom. The lowest BCUT2D eigenvalue weighted by molar-refractivity contribution is -0.120. The van der Waals surface area contributed by atoms with E-state index in [2.05, 4.69) is 15.0 Å². The summed E-state index contributed by atoms with van der Waals surface area (Å²) in [7, 11) is -7.26. The summed E-state index contributed by atoms with van der Waals surface area (Å²) in [4.78, 5) is 16.7. The standard InChI is InChI=1S/C25H28N4O5S2/c1-19-5-2-3-6-21(19)18-35(31,32)29-15-12-20(13-16-29)25(30)27-22-8-10-24(11-9-22)36(33,34)28-23-7-4-14-26-17-23/h2-11,14,17,20,28H,12-13,15-16,18H2,1H3,(H,27,30). The molecule has 4 rings (SSSR count). The normalized spacial score (nSPS) is 15.4. The predicted molar refractivity (Wildman–Crippen MR) is 138 cm³/mol. The van der Waals surface area contributed by atoms with E-state index < -0.39 is 20.0 Å². The van der Waals surface area contributed by atoms with Crippen LogP contribution in [-0.2, 0) is 30.6 Å². The molecule has 36 heavy (non-hydrogen) atoms. The number of nitrogens with zero attached hydrogens (tertiary/aromatic N) is 2. The Balaban J connectivity index is 1.31. The summed E-state index contributed by atoms with van der Waals surface area (Å²) in [5.41, 5.74) is 2.53. The maximum Gasteiger partial charge on any atom is 0.261 e. The van der Waals surface area contributed by atoms with Crippen LogP contribution in [0.2, 0.25) is 0 Å². The molecule has 1 fully saturated rings. The maximum atomic E-state index is 12.9. The largest absolute Gasteiger partial charge is 0.326 e. The van der Waals surface area contributed by atoms with Crippen molar-refractivity contribution in [1.29, 1.82) is 0 Å². The summed E-state index contributed by atoms with van der Waals surface area (Å²) in [5.74, 6) is -0.595. The zero-order valence-corrected chi connectivity index (χ0v) is 21.4. The highest BCUT2D eigenvalue weighted by atomic mass is 32.2. The Bertz CT molecular complexity index is 1420. The van der Waals surface area contributed by atoms with Crippen LogP contribution in [-0.4, -0.2) is 45.1 Å². The number of rotatable bonds is 8. The quantitative estimate of drug-likeness (QED) is 0.462. The molecular weight excluding hydrogens is 500 g/mol. The highest BCUT2D eigenvalue weighted by molar-refractivity contribution is 7.92. The molecule has 0 saturated carbocycles. The van der Waals surface area contributed by atoms with Crippen molar-refractivity contribution >= 4 is 37.3 Å². The molecule has 3 aromatic rings. The van der Waals surface area contributed by atoms with Crippen molar-refractivity contribution in [2.45, 2.75) is 30.4 Å². The number of carbonyl (C=O) groups excluding carboxylic acids is 1. The van der Waals surface area contributed by atoms with Gasteiger partial charge in [-0.3, -0.25) is 14.5 Å². The fourth-order valence-corrected chi connectivity index (χ4v) is 6.76. The minimum Gasteiger partial charge on any atom is -0.326 e. The van der Waals surface area contributed by atoms with Crippen molar-refractivity contribution in [3.8, 4) is 0 Å². The zero-order valence-electron chi connectivity index (χ0n) is 19.8. The molecule has 1 amide bonds. The molecule has 1 saturated heterocycles. The number of hydrogen-bond donors (Lipinski definition) is 2. The highest BCUT2D eigenvalue weighted by Gasteiger charge is 2.31. The van der Waals surface area contributed by atoms with Crippen molar-refractivity contribution < 1.29 is 21.6 Å². The van der Waals surface area contributed by atoms with E-state index >= 15 is 0 Å². The fraction of sp³-hybridized carbons (Fsp3) is 0.280. The first-order valence-electron chi connectivity index (χ1n) is 11.5. The van der Waals surface area contributed by atoms with Crippen LogP contribution in [0.1, 0.15) is 24.0 Å². The van der Waals surface area contributed by atoms with Gasteiger partial charge in [0.15, 0.2) is 0 Å². The summed E-state index contributed by atoms with van der Waals surface area (Å²) in [6, 6.07) is 16.5. The number of hydrogen-bond acceptors (Lipinski definition) is 6. The van der Waals surface area contributed by atoms with Gasteiger partial charge in [0, 0.05) is 30.9 Å². The number of sulfonamides is 2. The molecule has 11 heteroatoms. The van der Waals surface area contributed by atoms with Crippen LogP contribution in [0.15, 0.2) is 78.0 Å². The van der Waals surface area contributed by atoms with E-state index in [1.165, 1.54) is 34.8 Å². The van der Waals surface area contributed by atoms with Gasteiger partial charge in [-0.15, -0.1) is 0 Å². The number of nitrogens with one attached hydrogen (secondary N) is 2.